The van der Waals surface area contributed by atoms with Crippen LogP contribution in [0.3, 0.4) is 0 Å². The van der Waals surface area contributed by atoms with Crippen molar-refractivity contribution in [2.45, 2.75) is 33.2 Å². The molecule has 2 heterocycles. The van der Waals surface area contributed by atoms with Crippen molar-refractivity contribution in [1.82, 2.24) is 20.9 Å². The van der Waals surface area contributed by atoms with Crippen molar-refractivity contribution >= 4 is 34.5 Å². The molecule has 0 aliphatic carbocycles. The van der Waals surface area contributed by atoms with E-state index in [1.54, 1.807) is 12.6 Å². The second kappa shape index (κ2) is 9.53. The van der Waals surface area contributed by atoms with E-state index in [-0.39, 0.29) is 11.9 Å². The first-order chi connectivity index (χ1) is 12.0. The molecule has 136 valence electrons. The Balaban J connectivity index is 1.69. The van der Waals surface area contributed by atoms with Gasteiger partial charge in [-0.2, -0.15) is 0 Å². The Hall–Kier alpha value is -1.93. The van der Waals surface area contributed by atoms with E-state index in [0.717, 1.165) is 18.1 Å². The molecule has 1 atom stereocenters. The molecule has 0 saturated carbocycles. The average Bonchev–Trinajstić information content (AvgIpc) is 3.18. The van der Waals surface area contributed by atoms with E-state index >= 15 is 0 Å². The number of guanidine groups is 1. The third-order valence-electron chi connectivity index (χ3n) is 3.56. The van der Waals surface area contributed by atoms with Gasteiger partial charge in [0, 0.05) is 42.4 Å². The highest BCUT2D eigenvalue weighted by Crippen LogP contribution is 2.16. The van der Waals surface area contributed by atoms with E-state index in [1.165, 1.54) is 21.1 Å². The number of carbonyl (C=O) groups is 1. The number of nitrogens with one attached hydrogen (secondary N) is 3. The fourth-order valence-electron chi connectivity index (χ4n) is 2.33. The number of thiazole rings is 1. The van der Waals surface area contributed by atoms with Gasteiger partial charge in [-0.25, -0.2) is 4.98 Å². The van der Waals surface area contributed by atoms with E-state index in [0.29, 0.717) is 18.0 Å². The summed E-state index contributed by atoms with van der Waals surface area (Å²) >= 11 is 3.18. The Bertz CT molecular complexity index is 722. The first-order valence-corrected chi connectivity index (χ1v) is 9.90. The standard InChI is InChI=1S/C17H25N5OS2/c1-11(9-14-6-5-12(2)25-14)22-17(18-4)20-8-7-19-16(23)15-13(3)21-10-24-15/h5-6,10-11H,7-9H2,1-4H3,(H,19,23)(H2,18,20,22). The molecule has 2 aromatic heterocycles. The lowest BCUT2D eigenvalue weighted by atomic mass is 10.2. The van der Waals surface area contributed by atoms with Gasteiger partial charge in [-0.3, -0.25) is 9.79 Å². The van der Waals surface area contributed by atoms with Gasteiger partial charge in [0.15, 0.2) is 5.96 Å². The van der Waals surface area contributed by atoms with Crippen molar-refractivity contribution in [2.24, 2.45) is 4.99 Å². The molecule has 3 N–H and O–H groups in total. The molecule has 2 rings (SSSR count). The number of aliphatic imine (C=N–C) groups is 1. The minimum atomic E-state index is -0.0776. The summed E-state index contributed by atoms with van der Waals surface area (Å²) in [4.78, 5) is 23.7. The minimum absolute atomic E-state index is 0.0776. The molecule has 0 aliphatic heterocycles. The molecule has 25 heavy (non-hydrogen) atoms. The summed E-state index contributed by atoms with van der Waals surface area (Å²) < 4.78 is 0. The van der Waals surface area contributed by atoms with E-state index < -0.39 is 0 Å². The van der Waals surface area contributed by atoms with Crippen LogP contribution in [0.4, 0.5) is 0 Å². The van der Waals surface area contributed by atoms with Gasteiger partial charge in [-0.05, 0) is 32.9 Å². The van der Waals surface area contributed by atoms with E-state index in [1.807, 2.05) is 18.3 Å². The predicted octanol–water partition coefficient (Wildman–Crippen LogP) is 2.35. The topological polar surface area (TPSA) is 78.4 Å². The molecule has 0 fully saturated rings. The molecule has 0 aliphatic rings. The van der Waals surface area contributed by atoms with Crippen LogP contribution in [-0.2, 0) is 6.42 Å². The summed E-state index contributed by atoms with van der Waals surface area (Å²) in [5.74, 6) is 0.662. The van der Waals surface area contributed by atoms with Gasteiger partial charge in [0.25, 0.3) is 5.91 Å². The normalized spacial score (nSPS) is 12.7. The van der Waals surface area contributed by atoms with Crippen molar-refractivity contribution in [3.8, 4) is 0 Å². The van der Waals surface area contributed by atoms with Gasteiger partial charge in [-0.15, -0.1) is 22.7 Å². The number of nitrogens with zero attached hydrogens (tertiary/aromatic N) is 2. The molecule has 0 aromatic carbocycles. The molecule has 0 saturated heterocycles. The van der Waals surface area contributed by atoms with Crippen LogP contribution in [0.25, 0.3) is 0 Å². The van der Waals surface area contributed by atoms with Crippen molar-refractivity contribution in [2.75, 3.05) is 20.1 Å². The monoisotopic (exact) mass is 379 g/mol. The summed E-state index contributed by atoms with van der Waals surface area (Å²) in [6.07, 6.45) is 0.959. The van der Waals surface area contributed by atoms with Crippen molar-refractivity contribution in [1.29, 1.82) is 0 Å². The van der Waals surface area contributed by atoms with Gasteiger partial charge in [-0.1, -0.05) is 0 Å². The van der Waals surface area contributed by atoms with E-state index in [9.17, 15) is 4.79 Å². The third kappa shape index (κ3) is 6.13. The number of hydrogen-bond acceptors (Lipinski definition) is 5. The van der Waals surface area contributed by atoms with Crippen LogP contribution in [0.1, 0.15) is 32.0 Å². The Labute approximate surface area is 156 Å². The smallest absolute Gasteiger partial charge is 0.263 e. The summed E-state index contributed by atoms with van der Waals surface area (Å²) in [5.41, 5.74) is 2.45. The Kier molecular flexibility index (Phi) is 7.39. The molecular weight excluding hydrogens is 354 g/mol. The number of hydrogen-bond donors (Lipinski definition) is 3. The molecule has 1 unspecified atom stereocenters. The van der Waals surface area contributed by atoms with E-state index in [4.69, 9.17) is 0 Å². The molecule has 0 spiro atoms. The lowest BCUT2D eigenvalue weighted by Crippen LogP contribution is -2.45. The quantitative estimate of drug-likeness (QED) is 0.392. The van der Waals surface area contributed by atoms with Gasteiger partial charge < -0.3 is 16.0 Å². The number of thiophene rings is 1. The fourth-order valence-corrected chi connectivity index (χ4v) is 4.07. The largest absolute Gasteiger partial charge is 0.355 e. The fraction of sp³-hybridized carbons (Fsp3) is 0.471. The average molecular weight is 380 g/mol. The molecule has 0 bridgehead atoms. The maximum absolute atomic E-state index is 12.0. The summed E-state index contributed by atoms with van der Waals surface area (Å²) in [6, 6.07) is 4.59. The number of carbonyl (C=O) groups excluding carboxylic acids is 1. The zero-order chi connectivity index (χ0) is 18.2. The van der Waals surface area contributed by atoms with Crippen LogP contribution < -0.4 is 16.0 Å². The summed E-state index contributed by atoms with van der Waals surface area (Å²) in [7, 11) is 1.75. The van der Waals surface area contributed by atoms with Crippen LogP contribution in [0.2, 0.25) is 0 Å². The highest BCUT2D eigenvalue weighted by atomic mass is 32.1. The van der Waals surface area contributed by atoms with Crippen molar-refractivity contribution in [3.63, 3.8) is 0 Å². The lowest BCUT2D eigenvalue weighted by molar-refractivity contribution is 0.0957. The highest BCUT2D eigenvalue weighted by Gasteiger charge is 2.11. The van der Waals surface area contributed by atoms with Gasteiger partial charge in [0.1, 0.15) is 4.88 Å². The summed E-state index contributed by atoms with van der Waals surface area (Å²) in [5, 5.41) is 9.49. The van der Waals surface area contributed by atoms with Gasteiger partial charge >= 0.3 is 0 Å². The Morgan fingerprint density at radius 1 is 1.28 bits per heavy atom. The van der Waals surface area contributed by atoms with Crippen molar-refractivity contribution < 1.29 is 4.79 Å². The molecule has 8 heteroatoms. The maximum atomic E-state index is 12.0. The van der Waals surface area contributed by atoms with Crippen LogP contribution in [0.15, 0.2) is 22.6 Å². The summed E-state index contributed by atoms with van der Waals surface area (Å²) in [6.45, 7) is 7.22. The second-order valence-corrected chi connectivity index (χ2v) is 8.01. The van der Waals surface area contributed by atoms with Crippen molar-refractivity contribution in [3.05, 3.63) is 38.0 Å². The predicted molar refractivity (Wildman–Crippen MR) is 106 cm³/mol. The first-order valence-electron chi connectivity index (χ1n) is 8.20. The zero-order valence-corrected chi connectivity index (χ0v) is 16.7. The van der Waals surface area contributed by atoms with Crippen LogP contribution in [0.5, 0.6) is 0 Å². The zero-order valence-electron chi connectivity index (χ0n) is 15.0. The maximum Gasteiger partial charge on any atom is 0.263 e. The Morgan fingerprint density at radius 3 is 2.64 bits per heavy atom. The minimum Gasteiger partial charge on any atom is -0.355 e. The molecule has 1 amide bonds. The number of aromatic nitrogens is 1. The number of aryl methyl sites for hydroxylation is 2. The SMILES string of the molecule is CN=C(NCCNC(=O)c1scnc1C)NC(C)Cc1ccc(C)s1. The van der Waals surface area contributed by atoms with Crippen LogP contribution >= 0.6 is 22.7 Å². The third-order valence-corrected chi connectivity index (χ3v) is 5.52. The Morgan fingerprint density at radius 2 is 2.04 bits per heavy atom. The molecule has 6 nitrogen and oxygen atoms in total. The second-order valence-electron chi connectivity index (χ2n) is 5.78. The highest BCUT2D eigenvalue weighted by molar-refractivity contribution is 7.12. The van der Waals surface area contributed by atoms with Crippen LogP contribution in [-0.4, -0.2) is 43.0 Å². The molecule has 2 aromatic rings. The first kappa shape index (κ1) is 19.4. The van der Waals surface area contributed by atoms with Crippen LogP contribution in [0, 0.1) is 13.8 Å². The number of amides is 1. The number of rotatable bonds is 7. The molecule has 0 radical (unpaired) electrons. The lowest BCUT2D eigenvalue weighted by Gasteiger charge is -2.17. The van der Waals surface area contributed by atoms with Gasteiger partial charge in [0.2, 0.25) is 0 Å². The van der Waals surface area contributed by atoms with E-state index in [2.05, 4.69) is 51.9 Å². The van der Waals surface area contributed by atoms with Gasteiger partial charge in [0.05, 0.1) is 11.2 Å². The molecular formula is C17H25N5OS2.